The lowest BCUT2D eigenvalue weighted by Gasteiger charge is -2.29. The number of ether oxygens (including phenoxy) is 1. The summed E-state index contributed by atoms with van der Waals surface area (Å²) in [5.74, 6) is 0.830. The van der Waals surface area contributed by atoms with E-state index in [0.717, 1.165) is 25.4 Å². The number of hydrogen-bond donors (Lipinski definition) is 1. The van der Waals surface area contributed by atoms with E-state index in [9.17, 15) is 0 Å². The van der Waals surface area contributed by atoms with E-state index < -0.39 is 0 Å². The molecule has 0 aliphatic carbocycles. The van der Waals surface area contributed by atoms with Gasteiger partial charge in [-0.25, -0.2) is 0 Å². The van der Waals surface area contributed by atoms with Gasteiger partial charge >= 0.3 is 0 Å². The third kappa shape index (κ3) is 5.04. The molecule has 1 aromatic rings. The van der Waals surface area contributed by atoms with Crippen molar-refractivity contribution in [3.8, 4) is 11.8 Å². The van der Waals surface area contributed by atoms with Gasteiger partial charge in [0.2, 0.25) is 0 Å². The molecule has 0 amide bonds. The molecule has 1 atom stereocenters. The van der Waals surface area contributed by atoms with E-state index in [2.05, 4.69) is 30.1 Å². The molecule has 1 saturated heterocycles. The van der Waals surface area contributed by atoms with Crippen LogP contribution in [0.1, 0.15) is 32.3 Å². The number of nitrogens with zero attached hydrogens (tertiary/aromatic N) is 2. The zero-order valence-electron chi connectivity index (χ0n) is 13.0. The van der Waals surface area contributed by atoms with Gasteiger partial charge in [-0.2, -0.15) is 5.26 Å². The third-order valence-electron chi connectivity index (χ3n) is 3.98. The summed E-state index contributed by atoms with van der Waals surface area (Å²) in [7, 11) is 0. The first-order valence-electron chi connectivity index (χ1n) is 7.79. The summed E-state index contributed by atoms with van der Waals surface area (Å²) in [6.07, 6.45) is 2.57. The molecule has 1 fully saturated rings. The minimum atomic E-state index is 0.525. The Morgan fingerprint density at radius 2 is 2.14 bits per heavy atom. The van der Waals surface area contributed by atoms with Crippen molar-refractivity contribution in [1.82, 2.24) is 10.2 Å². The zero-order chi connectivity index (χ0) is 15.1. The minimum Gasteiger partial charge on any atom is -0.492 e. The highest BCUT2D eigenvalue weighted by Crippen LogP contribution is 2.12. The second-order valence-corrected chi connectivity index (χ2v) is 5.87. The van der Waals surface area contributed by atoms with Crippen LogP contribution >= 0.6 is 0 Å². The van der Waals surface area contributed by atoms with Crippen LogP contribution in [0, 0.1) is 11.3 Å². The Morgan fingerprint density at radius 1 is 1.38 bits per heavy atom. The predicted octanol–water partition coefficient (Wildman–Crippen LogP) is 2.40. The lowest BCUT2D eigenvalue weighted by Crippen LogP contribution is -2.43. The Labute approximate surface area is 127 Å². The van der Waals surface area contributed by atoms with Gasteiger partial charge in [0, 0.05) is 25.2 Å². The summed E-state index contributed by atoms with van der Waals surface area (Å²) in [5.41, 5.74) is 0.665. The van der Waals surface area contributed by atoms with Crippen LogP contribution in [0.4, 0.5) is 0 Å². The van der Waals surface area contributed by atoms with Crippen molar-refractivity contribution in [2.45, 2.75) is 38.8 Å². The fourth-order valence-electron chi connectivity index (χ4n) is 2.66. The van der Waals surface area contributed by atoms with Gasteiger partial charge in [-0.05, 0) is 57.5 Å². The Balaban J connectivity index is 1.76. The van der Waals surface area contributed by atoms with Gasteiger partial charge in [-0.3, -0.25) is 4.90 Å². The molecular weight excluding hydrogens is 262 g/mol. The minimum absolute atomic E-state index is 0.525. The molecule has 21 heavy (non-hydrogen) atoms. The molecule has 1 aliphatic rings. The molecule has 0 saturated carbocycles. The predicted molar refractivity (Wildman–Crippen MR) is 84.4 cm³/mol. The number of nitriles is 1. The van der Waals surface area contributed by atoms with Crippen LogP contribution in [0.5, 0.6) is 5.75 Å². The molecule has 0 spiro atoms. The topological polar surface area (TPSA) is 48.3 Å². The first kappa shape index (κ1) is 15.8. The first-order chi connectivity index (χ1) is 10.2. The van der Waals surface area contributed by atoms with E-state index >= 15 is 0 Å². The standard InChI is InChI=1S/C17H25N3O/c1-14(2)20(13-16-4-3-9-19-16)10-11-21-17-7-5-15(12-18)6-8-17/h5-8,14,16,19H,3-4,9-11,13H2,1-2H3. The highest BCUT2D eigenvalue weighted by molar-refractivity contribution is 5.34. The van der Waals surface area contributed by atoms with Crippen molar-refractivity contribution in [2.75, 3.05) is 26.2 Å². The van der Waals surface area contributed by atoms with Crippen molar-refractivity contribution < 1.29 is 4.74 Å². The van der Waals surface area contributed by atoms with Crippen molar-refractivity contribution >= 4 is 0 Å². The van der Waals surface area contributed by atoms with E-state index in [0.29, 0.717) is 24.3 Å². The highest BCUT2D eigenvalue weighted by Gasteiger charge is 2.19. The van der Waals surface area contributed by atoms with E-state index in [1.165, 1.54) is 12.8 Å². The van der Waals surface area contributed by atoms with Crippen molar-refractivity contribution in [3.63, 3.8) is 0 Å². The summed E-state index contributed by atoms with van der Waals surface area (Å²) >= 11 is 0. The quantitative estimate of drug-likeness (QED) is 0.836. The summed E-state index contributed by atoms with van der Waals surface area (Å²) in [4.78, 5) is 2.46. The molecule has 4 heteroatoms. The summed E-state index contributed by atoms with van der Waals surface area (Å²) in [6.45, 7) is 8.31. The maximum Gasteiger partial charge on any atom is 0.119 e. The maximum atomic E-state index is 8.77. The second-order valence-electron chi connectivity index (χ2n) is 5.87. The number of nitrogens with one attached hydrogen (secondary N) is 1. The lowest BCUT2D eigenvalue weighted by atomic mass is 10.2. The van der Waals surface area contributed by atoms with E-state index in [1.807, 2.05) is 12.1 Å². The lowest BCUT2D eigenvalue weighted by molar-refractivity contribution is 0.164. The fourth-order valence-corrected chi connectivity index (χ4v) is 2.66. The SMILES string of the molecule is CC(C)N(CCOc1ccc(C#N)cc1)CC1CCCN1. The Hall–Kier alpha value is -1.57. The number of benzene rings is 1. The smallest absolute Gasteiger partial charge is 0.119 e. The molecule has 0 radical (unpaired) electrons. The van der Waals surface area contributed by atoms with Crippen LogP contribution in [0.15, 0.2) is 24.3 Å². The van der Waals surface area contributed by atoms with Crippen LogP contribution in [-0.4, -0.2) is 43.2 Å². The van der Waals surface area contributed by atoms with Gasteiger partial charge < -0.3 is 10.1 Å². The second kappa shape index (κ2) is 8.02. The monoisotopic (exact) mass is 287 g/mol. The molecule has 4 nitrogen and oxygen atoms in total. The molecule has 1 aromatic carbocycles. The van der Waals surface area contributed by atoms with Crippen molar-refractivity contribution in [2.24, 2.45) is 0 Å². The van der Waals surface area contributed by atoms with Crippen LogP contribution in [0.3, 0.4) is 0 Å². The van der Waals surface area contributed by atoms with Crippen LogP contribution in [0.2, 0.25) is 0 Å². The van der Waals surface area contributed by atoms with Crippen LogP contribution < -0.4 is 10.1 Å². The van der Waals surface area contributed by atoms with Gasteiger partial charge in [-0.15, -0.1) is 0 Å². The Bertz CT molecular complexity index is 458. The molecule has 0 bridgehead atoms. The normalized spacial score (nSPS) is 18.1. The summed E-state index contributed by atoms with van der Waals surface area (Å²) in [5, 5.41) is 12.3. The molecule has 1 heterocycles. The van der Waals surface area contributed by atoms with Gasteiger partial charge in [0.1, 0.15) is 12.4 Å². The average Bonchev–Trinajstić information content (AvgIpc) is 3.00. The molecule has 2 rings (SSSR count). The molecule has 1 N–H and O–H groups in total. The average molecular weight is 287 g/mol. The Morgan fingerprint density at radius 3 is 2.71 bits per heavy atom. The summed E-state index contributed by atoms with van der Waals surface area (Å²) < 4.78 is 5.78. The van der Waals surface area contributed by atoms with Gasteiger partial charge in [-0.1, -0.05) is 0 Å². The number of rotatable bonds is 7. The Kier molecular flexibility index (Phi) is 6.04. The molecule has 0 aromatic heterocycles. The largest absolute Gasteiger partial charge is 0.492 e. The third-order valence-corrected chi connectivity index (χ3v) is 3.98. The number of hydrogen-bond acceptors (Lipinski definition) is 4. The van der Waals surface area contributed by atoms with E-state index in [-0.39, 0.29) is 0 Å². The van der Waals surface area contributed by atoms with Crippen LogP contribution in [-0.2, 0) is 0 Å². The summed E-state index contributed by atoms with van der Waals surface area (Å²) in [6, 6.07) is 10.6. The van der Waals surface area contributed by atoms with E-state index in [1.54, 1.807) is 12.1 Å². The molecular formula is C17H25N3O. The molecule has 1 aliphatic heterocycles. The van der Waals surface area contributed by atoms with Crippen LogP contribution in [0.25, 0.3) is 0 Å². The van der Waals surface area contributed by atoms with Crippen molar-refractivity contribution in [1.29, 1.82) is 5.26 Å². The van der Waals surface area contributed by atoms with Gasteiger partial charge in [0.25, 0.3) is 0 Å². The maximum absolute atomic E-state index is 8.77. The van der Waals surface area contributed by atoms with Gasteiger partial charge in [0.05, 0.1) is 11.6 Å². The first-order valence-corrected chi connectivity index (χ1v) is 7.79. The van der Waals surface area contributed by atoms with Gasteiger partial charge in [0.15, 0.2) is 0 Å². The fraction of sp³-hybridized carbons (Fsp3) is 0.588. The molecule has 1 unspecified atom stereocenters. The zero-order valence-corrected chi connectivity index (χ0v) is 13.0. The van der Waals surface area contributed by atoms with Crippen molar-refractivity contribution in [3.05, 3.63) is 29.8 Å². The van der Waals surface area contributed by atoms with E-state index in [4.69, 9.17) is 10.00 Å². The highest BCUT2D eigenvalue weighted by atomic mass is 16.5. The molecule has 114 valence electrons.